The van der Waals surface area contributed by atoms with Gasteiger partial charge in [-0.15, -0.1) is 0 Å². The van der Waals surface area contributed by atoms with Crippen LogP contribution in [0.1, 0.15) is 0 Å². The van der Waals surface area contributed by atoms with Crippen molar-refractivity contribution in [3.63, 3.8) is 0 Å². The third-order valence-corrected chi connectivity index (χ3v) is 3.20. The van der Waals surface area contributed by atoms with Gasteiger partial charge in [0.1, 0.15) is 0 Å². The van der Waals surface area contributed by atoms with E-state index in [-0.39, 0.29) is 12.6 Å². The maximum absolute atomic E-state index is 9.28. The van der Waals surface area contributed by atoms with Crippen molar-refractivity contribution >= 4 is 28.9 Å². The van der Waals surface area contributed by atoms with Crippen LogP contribution in [0.3, 0.4) is 0 Å². The molecule has 1 fully saturated rings. The highest BCUT2D eigenvalue weighted by Crippen LogP contribution is 2.30. The van der Waals surface area contributed by atoms with Crippen molar-refractivity contribution in [1.29, 1.82) is 0 Å². The summed E-state index contributed by atoms with van der Waals surface area (Å²) in [4.78, 5) is 2.06. The molecule has 1 aromatic carbocycles. The van der Waals surface area contributed by atoms with Gasteiger partial charge in [0.2, 0.25) is 0 Å². The van der Waals surface area contributed by atoms with Crippen LogP contribution in [0.2, 0.25) is 10.0 Å². The minimum absolute atomic E-state index is 0.0348. The molecule has 0 radical (unpaired) electrons. The van der Waals surface area contributed by atoms with Crippen molar-refractivity contribution in [2.24, 2.45) is 0 Å². The molecule has 0 amide bonds. The predicted octanol–water partition coefficient (Wildman–Crippen LogP) is 2.19. The third-order valence-electron chi connectivity index (χ3n) is 2.66. The van der Waals surface area contributed by atoms with Gasteiger partial charge in [-0.1, -0.05) is 23.2 Å². The molecule has 1 saturated heterocycles. The summed E-state index contributed by atoms with van der Waals surface area (Å²) < 4.78 is 5.32. The van der Waals surface area contributed by atoms with Crippen molar-refractivity contribution in [2.45, 2.75) is 6.04 Å². The SMILES string of the molecule is OCC1COCCN1c1ccc(Cl)cc1Cl. The number of hydrogen-bond acceptors (Lipinski definition) is 3. The predicted molar refractivity (Wildman–Crippen MR) is 65.5 cm³/mol. The summed E-state index contributed by atoms with van der Waals surface area (Å²) in [6.45, 7) is 1.95. The molecule has 16 heavy (non-hydrogen) atoms. The highest BCUT2D eigenvalue weighted by molar-refractivity contribution is 6.36. The number of rotatable bonds is 2. The van der Waals surface area contributed by atoms with Crippen LogP contribution in [0.4, 0.5) is 5.69 Å². The summed E-state index contributed by atoms with van der Waals surface area (Å²) in [6.07, 6.45) is 0. The molecule has 1 N–H and O–H groups in total. The Bertz CT molecular complexity index is 373. The first-order valence-corrected chi connectivity index (χ1v) is 5.88. The van der Waals surface area contributed by atoms with Crippen LogP contribution in [-0.4, -0.2) is 37.5 Å². The normalized spacial score (nSPS) is 21.2. The molecular formula is C11H13Cl2NO2. The molecule has 1 aliphatic rings. The molecule has 1 atom stereocenters. The largest absolute Gasteiger partial charge is 0.394 e. The Labute approximate surface area is 105 Å². The van der Waals surface area contributed by atoms with E-state index in [4.69, 9.17) is 27.9 Å². The second-order valence-corrected chi connectivity index (χ2v) is 4.54. The van der Waals surface area contributed by atoms with Crippen molar-refractivity contribution in [1.82, 2.24) is 0 Å². The maximum atomic E-state index is 9.28. The number of halogens is 2. The highest BCUT2D eigenvalue weighted by atomic mass is 35.5. The van der Waals surface area contributed by atoms with E-state index < -0.39 is 0 Å². The molecule has 1 aliphatic heterocycles. The third kappa shape index (κ3) is 2.43. The monoisotopic (exact) mass is 261 g/mol. The van der Waals surface area contributed by atoms with Gasteiger partial charge in [0, 0.05) is 11.6 Å². The number of ether oxygens (including phenoxy) is 1. The van der Waals surface area contributed by atoms with Crippen LogP contribution in [0.5, 0.6) is 0 Å². The first kappa shape index (κ1) is 12.0. The lowest BCUT2D eigenvalue weighted by Crippen LogP contribution is -2.47. The molecule has 2 rings (SSSR count). The van der Waals surface area contributed by atoms with Gasteiger partial charge in [0.25, 0.3) is 0 Å². The fraction of sp³-hybridized carbons (Fsp3) is 0.455. The fourth-order valence-corrected chi connectivity index (χ4v) is 2.35. The zero-order valence-corrected chi connectivity index (χ0v) is 10.2. The summed E-state index contributed by atoms with van der Waals surface area (Å²) in [5.41, 5.74) is 0.897. The van der Waals surface area contributed by atoms with Crippen molar-refractivity contribution < 1.29 is 9.84 Å². The summed E-state index contributed by atoms with van der Waals surface area (Å²) in [7, 11) is 0. The van der Waals surface area contributed by atoms with Crippen LogP contribution < -0.4 is 4.90 Å². The minimum Gasteiger partial charge on any atom is -0.394 e. The van der Waals surface area contributed by atoms with Gasteiger partial charge in [-0.3, -0.25) is 0 Å². The average molecular weight is 262 g/mol. The zero-order chi connectivity index (χ0) is 11.5. The van der Waals surface area contributed by atoms with Crippen LogP contribution in [0, 0.1) is 0 Å². The molecule has 0 aromatic heterocycles. The lowest BCUT2D eigenvalue weighted by atomic mass is 10.2. The van der Waals surface area contributed by atoms with Crippen LogP contribution >= 0.6 is 23.2 Å². The molecule has 88 valence electrons. The van der Waals surface area contributed by atoms with Gasteiger partial charge in [-0.2, -0.15) is 0 Å². The van der Waals surface area contributed by atoms with Crippen molar-refractivity contribution in [3.8, 4) is 0 Å². The fourth-order valence-electron chi connectivity index (χ4n) is 1.84. The number of anilines is 1. The molecule has 3 nitrogen and oxygen atoms in total. The molecule has 1 unspecified atom stereocenters. The zero-order valence-electron chi connectivity index (χ0n) is 8.70. The summed E-state index contributed by atoms with van der Waals surface area (Å²) in [5.74, 6) is 0. The van der Waals surface area contributed by atoms with Crippen LogP contribution in [-0.2, 0) is 4.74 Å². The van der Waals surface area contributed by atoms with E-state index in [1.807, 2.05) is 6.07 Å². The molecule has 1 aromatic rings. The van der Waals surface area contributed by atoms with Crippen LogP contribution in [0.25, 0.3) is 0 Å². The number of morpholine rings is 1. The smallest absolute Gasteiger partial charge is 0.0756 e. The van der Waals surface area contributed by atoms with Gasteiger partial charge in [0.05, 0.1) is 36.6 Å². The lowest BCUT2D eigenvalue weighted by Gasteiger charge is -2.36. The van der Waals surface area contributed by atoms with E-state index in [0.29, 0.717) is 23.3 Å². The van der Waals surface area contributed by atoms with Gasteiger partial charge < -0.3 is 14.7 Å². The van der Waals surface area contributed by atoms with E-state index in [0.717, 1.165) is 12.2 Å². The van der Waals surface area contributed by atoms with Gasteiger partial charge in [-0.25, -0.2) is 0 Å². The Morgan fingerprint density at radius 1 is 1.44 bits per heavy atom. The molecule has 0 saturated carbocycles. The maximum Gasteiger partial charge on any atom is 0.0756 e. The second kappa shape index (κ2) is 5.23. The molecule has 1 heterocycles. The summed E-state index contributed by atoms with van der Waals surface area (Å²) in [5, 5.41) is 10.5. The number of benzene rings is 1. The molecule has 5 heteroatoms. The standard InChI is InChI=1S/C11H13Cl2NO2/c12-8-1-2-11(10(13)5-8)14-3-4-16-7-9(14)6-15/h1-2,5,9,15H,3-4,6-7H2. The van der Waals surface area contributed by atoms with E-state index in [2.05, 4.69) is 4.90 Å². The average Bonchev–Trinajstić information content (AvgIpc) is 2.29. The van der Waals surface area contributed by atoms with E-state index >= 15 is 0 Å². The minimum atomic E-state index is -0.0348. The highest BCUT2D eigenvalue weighted by Gasteiger charge is 2.24. The van der Waals surface area contributed by atoms with Crippen LogP contribution in [0.15, 0.2) is 18.2 Å². The number of hydrogen-bond donors (Lipinski definition) is 1. The van der Waals surface area contributed by atoms with Gasteiger partial charge >= 0.3 is 0 Å². The number of nitrogens with zero attached hydrogens (tertiary/aromatic N) is 1. The summed E-state index contributed by atoms with van der Waals surface area (Å²) >= 11 is 12.0. The molecular weight excluding hydrogens is 249 g/mol. The van der Waals surface area contributed by atoms with E-state index in [1.165, 1.54) is 0 Å². The Kier molecular flexibility index (Phi) is 3.92. The molecule has 0 spiro atoms. The van der Waals surface area contributed by atoms with E-state index in [9.17, 15) is 5.11 Å². The van der Waals surface area contributed by atoms with Crippen molar-refractivity contribution in [3.05, 3.63) is 28.2 Å². The topological polar surface area (TPSA) is 32.7 Å². The van der Waals surface area contributed by atoms with E-state index in [1.54, 1.807) is 12.1 Å². The lowest BCUT2D eigenvalue weighted by molar-refractivity contribution is 0.0727. The number of aliphatic hydroxyl groups excluding tert-OH is 1. The molecule has 0 aliphatic carbocycles. The summed E-state index contributed by atoms with van der Waals surface area (Å²) in [6, 6.07) is 5.35. The molecule has 0 bridgehead atoms. The van der Waals surface area contributed by atoms with Gasteiger partial charge in [0.15, 0.2) is 0 Å². The Morgan fingerprint density at radius 3 is 2.94 bits per heavy atom. The Morgan fingerprint density at radius 2 is 2.25 bits per heavy atom. The van der Waals surface area contributed by atoms with Gasteiger partial charge in [-0.05, 0) is 18.2 Å². The second-order valence-electron chi connectivity index (χ2n) is 3.70. The first-order chi connectivity index (χ1) is 7.72. The quantitative estimate of drug-likeness (QED) is 0.886. The first-order valence-electron chi connectivity index (χ1n) is 5.12. The Hall–Kier alpha value is -0.480. The van der Waals surface area contributed by atoms with Crippen molar-refractivity contribution in [2.75, 3.05) is 31.3 Å². The number of aliphatic hydroxyl groups is 1. The Balaban J connectivity index is 2.27.